The summed E-state index contributed by atoms with van der Waals surface area (Å²) in [5, 5.41) is 17.3. The third-order valence-electron chi connectivity index (χ3n) is 3.71. The van der Waals surface area contributed by atoms with Crippen LogP contribution in [0.3, 0.4) is 0 Å². The first-order valence-electron chi connectivity index (χ1n) is 6.22. The van der Waals surface area contributed by atoms with Crippen LogP contribution < -0.4 is 4.90 Å². The number of rotatable bonds is 2. The normalized spacial score (nSPS) is 23.2. The van der Waals surface area contributed by atoms with Gasteiger partial charge < -0.3 is 10.0 Å². The topological polar surface area (TPSA) is 83.6 Å². The molecule has 1 saturated heterocycles. The van der Waals surface area contributed by atoms with Crippen LogP contribution in [0.5, 0.6) is 0 Å². The van der Waals surface area contributed by atoms with E-state index in [1.807, 2.05) is 29.3 Å². The van der Waals surface area contributed by atoms with Gasteiger partial charge >= 0.3 is 5.97 Å². The maximum Gasteiger partial charge on any atom is 0.308 e. The Labute approximate surface area is 109 Å². The minimum absolute atomic E-state index is 0.101. The van der Waals surface area contributed by atoms with Gasteiger partial charge in [-0.3, -0.25) is 9.20 Å². The fraction of sp³-hybridized carbons (Fsp3) is 0.500. The molecule has 0 unspecified atom stereocenters. The summed E-state index contributed by atoms with van der Waals surface area (Å²) in [5.74, 6) is 0.494. The van der Waals surface area contributed by atoms with E-state index in [4.69, 9.17) is 0 Å². The third kappa shape index (κ3) is 1.81. The van der Waals surface area contributed by atoms with Crippen molar-refractivity contribution in [3.8, 4) is 0 Å². The number of aryl methyl sites for hydroxylation is 1. The summed E-state index contributed by atoms with van der Waals surface area (Å²) in [6, 6.07) is 0. The third-order valence-corrected chi connectivity index (χ3v) is 3.71. The highest BCUT2D eigenvalue weighted by molar-refractivity contribution is 5.74. The number of aromatic nitrogens is 4. The van der Waals surface area contributed by atoms with Gasteiger partial charge in [-0.1, -0.05) is 6.92 Å². The Morgan fingerprint density at radius 1 is 1.42 bits per heavy atom. The lowest BCUT2D eigenvalue weighted by Gasteiger charge is -2.16. The highest BCUT2D eigenvalue weighted by Crippen LogP contribution is 2.28. The van der Waals surface area contributed by atoms with Crippen LogP contribution in [0, 0.1) is 18.8 Å². The van der Waals surface area contributed by atoms with E-state index in [0.29, 0.717) is 24.6 Å². The summed E-state index contributed by atoms with van der Waals surface area (Å²) in [4.78, 5) is 17.5. The summed E-state index contributed by atoms with van der Waals surface area (Å²) in [6.07, 6.45) is 3.50. The molecule has 2 atom stereocenters. The summed E-state index contributed by atoms with van der Waals surface area (Å²) in [5.41, 5.74) is 0.679. The SMILES string of the molecule is Cc1nnc2c(N3C[C@@H](C)[C@H](C(=O)O)C3)nccn12. The molecule has 7 nitrogen and oxygen atoms in total. The molecule has 0 spiro atoms. The maximum absolute atomic E-state index is 11.2. The van der Waals surface area contributed by atoms with Crippen molar-refractivity contribution >= 4 is 17.4 Å². The zero-order chi connectivity index (χ0) is 13.6. The number of carbonyl (C=O) groups is 1. The number of fused-ring (bicyclic) bond motifs is 1. The molecule has 0 saturated carbocycles. The van der Waals surface area contributed by atoms with Gasteiger partial charge in [-0.15, -0.1) is 10.2 Å². The Hall–Kier alpha value is -2.18. The Morgan fingerprint density at radius 2 is 2.21 bits per heavy atom. The minimum atomic E-state index is -0.750. The molecule has 1 aliphatic rings. The van der Waals surface area contributed by atoms with Crippen molar-refractivity contribution in [2.24, 2.45) is 11.8 Å². The molecule has 100 valence electrons. The van der Waals surface area contributed by atoms with E-state index >= 15 is 0 Å². The zero-order valence-electron chi connectivity index (χ0n) is 10.8. The van der Waals surface area contributed by atoms with Crippen LogP contribution in [0.4, 0.5) is 5.82 Å². The molecule has 1 N–H and O–H groups in total. The number of carboxylic acid groups (broad SMARTS) is 1. The molecular formula is C12H15N5O2. The smallest absolute Gasteiger partial charge is 0.308 e. The number of hydrogen-bond acceptors (Lipinski definition) is 5. The van der Waals surface area contributed by atoms with Crippen LogP contribution >= 0.6 is 0 Å². The molecule has 2 aromatic heterocycles. The molecule has 0 aromatic carbocycles. The van der Waals surface area contributed by atoms with Gasteiger partial charge in [0.2, 0.25) is 5.65 Å². The van der Waals surface area contributed by atoms with E-state index in [1.54, 1.807) is 6.20 Å². The quantitative estimate of drug-likeness (QED) is 0.851. The second-order valence-corrected chi connectivity index (χ2v) is 5.02. The molecule has 0 radical (unpaired) electrons. The van der Waals surface area contributed by atoms with Gasteiger partial charge in [0.05, 0.1) is 5.92 Å². The van der Waals surface area contributed by atoms with E-state index in [-0.39, 0.29) is 11.8 Å². The molecule has 2 aromatic rings. The van der Waals surface area contributed by atoms with Crippen LogP contribution in [-0.4, -0.2) is 43.7 Å². The van der Waals surface area contributed by atoms with Gasteiger partial charge in [0.1, 0.15) is 5.82 Å². The first-order chi connectivity index (χ1) is 9.08. The Morgan fingerprint density at radius 3 is 2.89 bits per heavy atom. The first-order valence-corrected chi connectivity index (χ1v) is 6.22. The molecule has 0 aliphatic carbocycles. The van der Waals surface area contributed by atoms with Crippen LogP contribution in [0.2, 0.25) is 0 Å². The van der Waals surface area contributed by atoms with Crippen molar-refractivity contribution in [3.05, 3.63) is 18.2 Å². The zero-order valence-corrected chi connectivity index (χ0v) is 10.8. The van der Waals surface area contributed by atoms with E-state index in [1.165, 1.54) is 0 Å². The van der Waals surface area contributed by atoms with E-state index in [0.717, 1.165) is 5.82 Å². The van der Waals surface area contributed by atoms with Crippen LogP contribution in [-0.2, 0) is 4.79 Å². The van der Waals surface area contributed by atoms with Gasteiger partial charge in [-0.25, -0.2) is 4.98 Å². The standard InChI is InChI=1S/C12H15N5O2/c1-7-5-16(6-9(7)12(18)19)10-11-15-14-8(2)17(11)4-3-13-10/h3-4,7,9H,5-6H2,1-2H3,(H,18,19)/t7-,9-/m1/s1. The highest BCUT2D eigenvalue weighted by atomic mass is 16.4. The van der Waals surface area contributed by atoms with Crippen molar-refractivity contribution in [2.45, 2.75) is 13.8 Å². The van der Waals surface area contributed by atoms with Crippen molar-refractivity contribution < 1.29 is 9.90 Å². The monoisotopic (exact) mass is 261 g/mol. The summed E-state index contributed by atoms with van der Waals surface area (Å²) in [6.45, 7) is 4.97. The molecule has 0 amide bonds. The fourth-order valence-electron chi connectivity index (χ4n) is 2.61. The van der Waals surface area contributed by atoms with Crippen LogP contribution in [0.15, 0.2) is 12.4 Å². The predicted molar refractivity (Wildman–Crippen MR) is 68.0 cm³/mol. The molecular weight excluding hydrogens is 246 g/mol. The number of aliphatic carboxylic acids is 1. The Balaban J connectivity index is 2.00. The maximum atomic E-state index is 11.2. The lowest BCUT2D eigenvalue weighted by Crippen LogP contribution is -2.24. The Bertz CT molecular complexity index is 638. The molecule has 3 rings (SSSR count). The second-order valence-electron chi connectivity index (χ2n) is 5.02. The van der Waals surface area contributed by atoms with Crippen molar-refractivity contribution in [1.82, 2.24) is 19.6 Å². The second kappa shape index (κ2) is 4.18. The molecule has 1 aliphatic heterocycles. The molecule has 0 bridgehead atoms. The van der Waals surface area contributed by atoms with Crippen LogP contribution in [0.25, 0.3) is 5.65 Å². The molecule has 3 heterocycles. The average molecular weight is 261 g/mol. The van der Waals surface area contributed by atoms with E-state index in [2.05, 4.69) is 15.2 Å². The van der Waals surface area contributed by atoms with Crippen molar-refractivity contribution in [3.63, 3.8) is 0 Å². The van der Waals surface area contributed by atoms with Gasteiger partial charge in [-0.05, 0) is 12.8 Å². The number of nitrogens with zero attached hydrogens (tertiary/aromatic N) is 5. The molecule has 1 fully saturated rings. The van der Waals surface area contributed by atoms with E-state index < -0.39 is 5.97 Å². The van der Waals surface area contributed by atoms with E-state index in [9.17, 15) is 9.90 Å². The summed E-state index contributed by atoms with van der Waals surface area (Å²) in [7, 11) is 0. The van der Waals surface area contributed by atoms with Gasteiger partial charge in [0, 0.05) is 25.5 Å². The lowest BCUT2D eigenvalue weighted by atomic mass is 9.99. The molecule has 7 heteroatoms. The van der Waals surface area contributed by atoms with Gasteiger partial charge in [-0.2, -0.15) is 0 Å². The largest absolute Gasteiger partial charge is 0.481 e. The number of anilines is 1. The average Bonchev–Trinajstić information content (AvgIpc) is 2.94. The number of hydrogen-bond donors (Lipinski definition) is 1. The summed E-state index contributed by atoms with van der Waals surface area (Å²) >= 11 is 0. The lowest BCUT2D eigenvalue weighted by molar-refractivity contribution is -0.142. The molecule has 19 heavy (non-hydrogen) atoms. The summed E-state index contributed by atoms with van der Waals surface area (Å²) < 4.78 is 1.86. The van der Waals surface area contributed by atoms with Crippen molar-refractivity contribution in [2.75, 3.05) is 18.0 Å². The van der Waals surface area contributed by atoms with Crippen LogP contribution in [0.1, 0.15) is 12.7 Å². The van der Waals surface area contributed by atoms with Gasteiger partial charge in [0.25, 0.3) is 0 Å². The van der Waals surface area contributed by atoms with Crippen molar-refractivity contribution in [1.29, 1.82) is 0 Å². The Kier molecular flexibility index (Phi) is 2.62. The fourth-order valence-corrected chi connectivity index (χ4v) is 2.61. The first kappa shape index (κ1) is 11.9. The van der Waals surface area contributed by atoms with Gasteiger partial charge in [0.15, 0.2) is 5.82 Å². The number of carboxylic acids is 1. The minimum Gasteiger partial charge on any atom is -0.481 e. The predicted octanol–water partition coefficient (Wildman–Crippen LogP) is 0.590. The highest BCUT2D eigenvalue weighted by Gasteiger charge is 2.36.